The Hall–Kier alpha value is -0.950. The first kappa shape index (κ1) is 16.4. The van der Waals surface area contributed by atoms with Crippen LogP contribution in [0.2, 0.25) is 0 Å². The Bertz CT molecular complexity index is 393. The van der Waals surface area contributed by atoms with Gasteiger partial charge in [0.25, 0.3) is 0 Å². The van der Waals surface area contributed by atoms with Crippen molar-refractivity contribution in [1.29, 1.82) is 0 Å². The van der Waals surface area contributed by atoms with E-state index in [-0.39, 0.29) is 17.4 Å². The van der Waals surface area contributed by atoms with Gasteiger partial charge in [-0.2, -0.15) is 0 Å². The Kier molecular flexibility index (Phi) is 5.75. The van der Waals surface area contributed by atoms with Crippen molar-refractivity contribution in [3.8, 4) is 0 Å². The smallest absolute Gasteiger partial charge is 0.327 e. The molecule has 0 aromatic heterocycles. The minimum atomic E-state index is -0.907. The van der Waals surface area contributed by atoms with Gasteiger partial charge in [0, 0.05) is 12.3 Å². The highest BCUT2D eigenvalue weighted by atomic mass is 32.2. The molecule has 2 aliphatic heterocycles. The maximum Gasteiger partial charge on any atom is 0.327 e. The van der Waals surface area contributed by atoms with Gasteiger partial charge >= 0.3 is 12.0 Å². The lowest BCUT2D eigenvalue weighted by Gasteiger charge is -2.40. The van der Waals surface area contributed by atoms with Crippen LogP contribution in [0.4, 0.5) is 4.79 Å². The standard InChI is InChI=1S/C14H24N2O4S/c1-3-5-12-16(11(9-21-12)13(17)18)14(19)15-6-7-20-8-10(15)4-2/h10-12H,3-9H2,1-2H3,(H,17,18). The van der Waals surface area contributed by atoms with E-state index in [1.807, 2.05) is 6.92 Å². The zero-order valence-corrected chi connectivity index (χ0v) is 13.5. The Balaban J connectivity index is 2.17. The third-order valence-corrected chi connectivity index (χ3v) is 5.43. The zero-order chi connectivity index (χ0) is 15.4. The van der Waals surface area contributed by atoms with Gasteiger partial charge in [0.05, 0.1) is 24.6 Å². The van der Waals surface area contributed by atoms with E-state index >= 15 is 0 Å². The number of thioether (sulfide) groups is 1. The molecule has 21 heavy (non-hydrogen) atoms. The number of carboxylic acid groups (broad SMARTS) is 1. The van der Waals surface area contributed by atoms with Crippen molar-refractivity contribution in [2.75, 3.05) is 25.5 Å². The van der Waals surface area contributed by atoms with E-state index in [4.69, 9.17) is 4.74 Å². The van der Waals surface area contributed by atoms with Gasteiger partial charge in [0.1, 0.15) is 6.04 Å². The number of aliphatic carboxylic acids is 1. The van der Waals surface area contributed by atoms with E-state index in [1.165, 1.54) is 0 Å². The maximum absolute atomic E-state index is 12.9. The molecule has 2 fully saturated rings. The van der Waals surface area contributed by atoms with Crippen molar-refractivity contribution < 1.29 is 19.4 Å². The van der Waals surface area contributed by atoms with Gasteiger partial charge in [0.15, 0.2) is 0 Å². The molecular formula is C14H24N2O4S. The molecule has 2 saturated heterocycles. The van der Waals surface area contributed by atoms with Crippen LogP contribution in [0.3, 0.4) is 0 Å². The Morgan fingerprint density at radius 1 is 1.38 bits per heavy atom. The molecule has 0 bridgehead atoms. The second-order valence-electron chi connectivity index (χ2n) is 5.45. The Labute approximate surface area is 129 Å². The monoisotopic (exact) mass is 316 g/mol. The number of morpholine rings is 1. The van der Waals surface area contributed by atoms with Crippen molar-refractivity contribution in [2.24, 2.45) is 0 Å². The van der Waals surface area contributed by atoms with E-state index < -0.39 is 12.0 Å². The summed E-state index contributed by atoms with van der Waals surface area (Å²) in [7, 11) is 0. The van der Waals surface area contributed by atoms with Crippen molar-refractivity contribution in [1.82, 2.24) is 9.80 Å². The first-order chi connectivity index (χ1) is 10.1. The second kappa shape index (κ2) is 7.35. The number of carbonyl (C=O) groups is 2. The maximum atomic E-state index is 12.9. The highest BCUT2D eigenvalue weighted by Gasteiger charge is 2.44. The molecule has 1 N–H and O–H groups in total. The molecule has 120 valence electrons. The summed E-state index contributed by atoms with van der Waals surface area (Å²) in [4.78, 5) is 27.7. The molecule has 0 aromatic rings. The molecule has 2 aliphatic rings. The lowest BCUT2D eigenvalue weighted by Crippen LogP contribution is -2.57. The SMILES string of the molecule is CCCC1SCC(C(=O)O)N1C(=O)N1CCOCC1CC. The molecule has 3 unspecified atom stereocenters. The van der Waals surface area contributed by atoms with Crippen LogP contribution in [-0.4, -0.2) is 69.9 Å². The van der Waals surface area contributed by atoms with Crippen LogP contribution in [0, 0.1) is 0 Å². The van der Waals surface area contributed by atoms with E-state index in [9.17, 15) is 14.7 Å². The molecule has 0 radical (unpaired) electrons. The number of carbonyl (C=O) groups excluding carboxylic acids is 1. The van der Waals surface area contributed by atoms with Crippen molar-refractivity contribution >= 4 is 23.8 Å². The van der Waals surface area contributed by atoms with Crippen LogP contribution in [0.5, 0.6) is 0 Å². The Morgan fingerprint density at radius 2 is 2.14 bits per heavy atom. The van der Waals surface area contributed by atoms with Crippen molar-refractivity contribution in [3.05, 3.63) is 0 Å². The quantitative estimate of drug-likeness (QED) is 0.857. The Morgan fingerprint density at radius 3 is 2.76 bits per heavy atom. The molecule has 3 atom stereocenters. The number of amides is 2. The average Bonchev–Trinajstić information content (AvgIpc) is 2.91. The van der Waals surface area contributed by atoms with Gasteiger partial charge in [-0.1, -0.05) is 20.3 Å². The highest BCUT2D eigenvalue weighted by molar-refractivity contribution is 8.00. The molecule has 2 rings (SSSR count). The summed E-state index contributed by atoms with van der Waals surface area (Å²) in [5.41, 5.74) is 0. The minimum Gasteiger partial charge on any atom is -0.480 e. The zero-order valence-electron chi connectivity index (χ0n) is 12.7. The number of hydrogen-bond acceptors (Lipinski definition) is 4. The lowest BCUT2D eigenvalue weighted by atomic mass is 10.1. The van der Waals surface area contributed by atoms with Crippen LogP contribution in [0.1, 0.15) is 33.1 Å². The first-order valence-corrected chi connectivity index (χ1v) is 8.66. The summed E-state index contributed by atoms with van der Waals surface area (Å²) < 4.78 is 5.43. The molecule has 2 heterocycles. The van der Waals surface area contributed by atoms with E-state index in [1.54, 1.807) is 21.6 Å². The van der Waals surface area contributed by atoms with Gasteiger partial charge in [-0.05, 0) is 12.8 Å². The number of carboxylic acids is 1. The van der Waals surface area contributed by atoms with Gasteiger partial charge < -0.3 is 14.7 Å². The molecule has 2 amide bonds. The van der Waals surface area contributed by atoms with Gasteiger partial charge in [-0.25, -0.2) is 9.59 Å². The normalized spacial score (nSPS) is 29.7. The van der Waals surface area contributed by atoms with Gasteiger partial charge in [-0.3, -0.25) is 4.90 Å². The predicted octanol–water partition coefficient (Wildman–Crippen LogP) is 1.85. The summed E-state index contributed by atoms with van der Waals surface area (Å²) in [5.74, 6) is -0.428. The third kappa shape index (κ3) is 3.45. The summed E-state index contributed by atoms with van der Waals surface area (Å²) in [6, 6.07) is -0.797. The van der Waals surface area contributed by atoms with Gasteiger partial charge in [-0.15, -0.1) is 11.8 Å². The number of rotatable bonds is 4. The number of nitrogens with zero attached hydrogens (tertiary/aromatic N) is 2. The number of hydrogen-bond donors (Lipinski definition) is 1. The lowest BCUT2D eigenvalue weighted by molar-refractivity contribution is -0.141. The van der Waals surface area contributed by atoms with E-state index in [0.29, 0.717) is 25.5 Å². The topological polar surface area (TPSA) is 70.1 Å². The minimum absolute atomic E-state index is 0.0241. The summed E-state index contributed by atoms with van der Waals surface area (Å²) in [5, 5.41) is 9.37. The van der Waals surface area contributed by atoms with Crippen LogP contribution in [0.25, 0.3) is 0 Å². The third-order valence-electron chi connectivity index (χ3n) is 4.08. The number of ether oxygens (including phenoxy) is 1. The summed E-state index contributed by atoms with van der Waals surface area (Å²) >= 11 is 1.58. The van der Waals surface area contributed by atoms with E-state index in [0.717, 1.165) is 19.3 Å². The van der Waals surface area contributed by atoms with Crippen LogP contribution in [-0.2, 0) is 9.53 Å². The first-order valence-electron chi connectivity index (χ1n) is 7.61. The molecule has 7 heteroatoms. The molecule has 0 spiro atoms. The highest BCUT2D eigenvalue weighted by Crippen LogP contribution is 2.33. The largest absolute Gasteiger partial charge is 0.480 e. The van der Waals surface area contributed by atoms with Crippen LogP contribution < -0.4 is 0 Å². The molecule has 6 nitrogen and oxygen atoms in total. The van der Waals surface area contributed by atoms with Crippen LogP contribution in [0.15, 0.2) is 0 Å². The average molecular weight is 316 g/mol. The summed E-state index contributed by atoms with van der Waals surface area (Å²) in [6.07, 6.45) is 2.60. The van der Waals surface area contributed by atoms with E-state index in [2.05, 4.69) is 6.92 Å². The molecule has 0 aliphatic carbocycles. The molecular weight excluding hydrogens is 292 g/mol. The molecule has 0 aromatic carbocycles. The van der Waals surface area contributed by atoms with Crippen molar-refractivity contribution in [3.63, 3.8) is 0 Å². The summed E-state index contributed by atoms with van der Waals surface area (Å²) in [6.45, 7) is 5.69. The van der Waals surface area contributed by atoms with Gasteiger partial charge in [0.2, 0.25) is 0 Å². The fourth-order valence-electron chi connectivity index (χ4n) is 2.87. The van der Waals surface area contributed by atoms with Crippen molar-refractivity contribution in [2.45, 2.75) is 50.6 Å². The van der Waals surface area contributed by atoms with Crippen LogP contribution >= 0.6 is 11.8 Å². The number of urea groups is 1. The second-order valence-corrected chi connectivity index (χ2v) is 6.66. The fraction of sp³-hybridized carbons (Fsp3) is 0.857. The molecule has 0 saturated carbocycles. The fourth-order valence-corrected chi connectivity index (χ4v) is 4.38. The predicted molar refractivity (Wildman–Crippen MR) is 81.4 cm³/mol.